The number of hydrogen-bond acceptors (Lipinski definition) is 3. The fourth-order valence-corrected chi connectivity index (χ4v) is 1.66. The Morgan fingerprint density at radius 1 is 1.73 bits per heavy atom. The van der Waals surface area contributed by atoms with E-state index in [0.717, 1.165) is 6.42 Å². The van der Waals surface area contributed by atoms with Crippen LogP contribution in [0.4, 0.5) is 0 Å². The van der Waals surface area contributed by atoms with Crippen molar-refractivity contribution >= 4 is 5.91 Å². The van der Waals surface area contributed by atoms with Crippen LogP contribution in [-0.4, -0.2) is 37.1 Å². The Morgan fingerprint density at radius 2 is 2.40 bits per heavy atom. The van der Waals surface area contributed by atoms with E-state index in [2.05, 4.69) is 6.07 Å². The lowest BCUT2D eigenvalue weighted by Crippen LogP contribution is -2.45. The van der Waals surface area contributed by atoms with Gasteiger partial charge in [0.25, 0.3) is 0 Å². The van der Waals surface area contributed by atoms with Gasteiger partial charge in [0.1, 0.15) is 5.41 Å². The zero-order chi connectivity index (χ0) is 11.5. The van der Waals surface area contributed by atoms with E-state index in [-0.39, 0.29) is 11.9 Å². The molecule has 0 aromatic carbocycles. The summed E-state index contributed by atoms with van der Waals surface area (Å²) in [5, 5.41) is 9.02. The summed E-state index contributed by atoms with van der Waals surface area (Å²) in [6.07, 6.45) is 1.41. The average Bonchev–Trinajstić information content (AvgIpc) is 2.79. The van der Waals surface area contributed by atoms with Crippen LogP contribution in [-0.2, 0) is 9.53 Å². The standard InChI is InChI=1S/C11H18N2O2/c1-4-11(2,8-12)10(14)13(3)9-5-6-15-7-9/h9H,4-7H2,1-3H3. The zero-order valence-corrected chi connectivity index (χ0v) is 9.62. The highest BCUT2D eigenvalue weighted by Crippen LogP contribution is 2.25. The number of nitrogens with zero attached hydrogens (tertiary/aromatic N) is 2. The molecule has 1 fully saturated rings. The Hall–Kier alpha value is -1.08. The lowest BCUT2D eigenvalue weighted by molar-refractivity contribution is -0.139. The number of amides is 1. The number of ether oxygens (including phenoxy) is 1. The molecule has 84 valence electrons. The number of rotatable bonds is 3. The van der Waals surface area contributed by atoms with E-state index in [1.54, 1.807) is 18.9 Å². The molecule has 15 heavy (non-hydrogen) atoms. The second kappa shape index (κ2) is 4.63. The molecule has 0 bridgehead atoms. The van der Waals surface area contributed by atoms with Gasteiger partial charge in [0.2, 0.25) is 5.91 Å². The molecule has 0 saturated carbocycles. The first-order chi connectivity index (χ1) is 7.05. The van der Waals surface area contributed by atoms with Crippen molar-refractivity contribution in [3.8, 4) is 6.07 Å². The van der Waals surface area contributed by atoms with Crippen LogP contribution in [0.25, 0.3) is 0 Å². The molecule has 0 aromatic heterocycles. The van der Waals surface area contributed by atoms with Gasteiger partial charge in [-0.05, 0) is 19.8 Å². The van der Waals surface area contributed by atoms with Gasteiger partial charge in [-0.2, -0.15) is 5.26 Å². The van der Waals surface area contributed by atoms with Crippen molar-refractivity contribution in [3.05, 3.63) is 0 Å². The first kappa shape index (κ1) is 12.0. The minimum Gasteiger partial charge on any atom is -0.379 e. The molecule has 1 aliphatic heterocycles. The summed E-state index contributed by atoms with van der Waals surface area (Å²) in [4.78, 5) is 13.7. The first-order valence-corrected chi connectivity index (χ1v) is 5.31. The topological polar surface area (TPSA) is 53.3 Å². The van der Waals surface area contributed by atoms with Crippen LogP contribution in [0.5, 0.6) is 0 Å². The Balaban J connectivity index is 2.71. The predicted octanol–water partition coefficient (Wildman–Crippen LogP) is 1.17. The molecule has 1 saturated heterocycles. The SMILES string of the molecule is CCC(C)(C#N)C(=O)N(C)C1CCOC1. The highest BCUT2D eigenvalue weighted by molar-refractivity contribution is 5.85. The number of hydrogen-bond donors (Lipinski definition) is 0. The molecule has 1 aliphatic rings. The third-order valence-electron chi connectivity index (χ3n) is 3.20. The summed E-state index contributed by atoms with van der Waals surface area (Å²) < 4.78 is 5.23. The zero-order valence-electron chi connectivity index (χ0n) is 9.62. The molecule has 1 rings (SSSR count). The van der Waals surface area contributed by atoms with Crippen molar-refractivity contribution in [2.75, 3.05) is 20.3 Å². The van der Waals surface area contributed by atoms with E-state index >= 15 is 0 Å². The van der Waals surface area contributed by atoms with E-state index in [9.17, 15) is 4.79 Å². The Kier molecular flexibility index (Phi) is 3.70. The van der Waals surface area contributed by atoms with Crippen LogP contribution < -0.4 is 0 Å². The van der Waals surface area contributed by atoms with Crippen LogP contribution in [0.3, 0.4) is 0 Å². The summed E-state index contributed by atoms with van der Waals surface area (Å²) in [6.45, 7) is 4.85. The van der Waals surface area contributed by atoms with Gasteiger partial charge >= 0.3 is 0 Å². The molecule has 1 heterocycles. The van der Waals surface area contributed by atoms with Crippen molar-refractivity contribution in [2.24, 2.45) is 5.41 Å². The van der Waals surface area contributed by atoms with Gasteiger partial charge < -0.3 is 9.64 Å². The van der Waals surface area contributed by atoms with Crippen LogP contribution in [0.15, 0.2) is 0 Å². The molecular weight excluding hydrogens is 192 g/mol. The van der Waals surface area contributed by atoms with E-state index in [1.165, 1.54) is 0 Å². The fraction of sp³-hybridized carbons (Fsp3) is 0.818. The van der Waals surface area contributed by atoms with E-state index < -0.39 is 5.41 Å². The number of carbonyl (C=O) groups is 1. The Bertz CT molecular complexity index is 279. The maximum atomic E-state index is 12.1. The quantitative estimate of drug-likeness (QED) is 0.702. The minimum absolute atomic E-state index is 0.0944. The van der Waals surface area contributed by atoms with Gasteiger partial charge in [-0.25, -0.2) is 0 Å². The monoisotopic (exact) mass is 210 g/mol. The van der Waals surface area contributed by atoms with Crippen molar-refractivity contribution in [3.63, 3.8) is 0 Å². The third-order valence-corrected chi connectivity index (χ3v) is 3.20. The van der Waals surface area contributed by atoms with E-state index in [4.69, 9.17) is 10.00 Å². The van der Waals surface area contributed by atoms with Crippen LogP contribution in [0, 0.1) is 16.7 Å². The summed E-state index contributed by atoms with van der Waals surface area (Å²) >= 11 is 0. The second-order valence-corrected chi connectivity index (χ2v) is 4.23. The smallest absolute Gasteiger partial charge is 0.242 e. The Labute approximate surface area is 90.8 Å². The summed E-state index contributed by atoms with van der Waals surface area (Å²) in [5.41, 5.74) is -0.892. The maximum absolute atomic E-state index is 12.1. The molecule has 2 atom stereocenters. The molecule has 0 N–H and O–H groups in total. The number of carbonyl (C=O) groups excluding carboxylic acids is 1. The van der Waals surface area contributed by atoms with Gasteiger partial charge in [0.05, 0.1) is 18.7 Å². The maximum Gasteiger partial charge on any atom is 0.242 e. The number of nitriles is 1. The molecule has 0 spiro atoms. The molecule has 4 heteroatoms. The van der Waals surface area contributed by atoms with Gasteiger partial charge in [-0.1, -0.05) is 6.92 Å². The summed E-state index contributed by atoms with van der Waals surface area (Å²) in [7, 11) is 1.76. The largest absolute Gasteiger partial charge is 0.379 e. The van der Waals surface area contributed by atoms with E-state index in [1.807, 2.05) is 6.92 Å². The van der Waals surface area contributed by atoms with Crippen molar-refractivity contribution in [1.29, 1.82) is 5.26 Å². The molecule has 4 nitrogen and oxygen atoms in total. The molecule has 0 radical (unpaired) electrons. The predicted molar refractivity (Wildman–Crippen MR) is 56.0 cm³/mol. The second-order valence-electron chi connectivity index (χ2n) is 4.23. The molecule has 1 amide bonds. The lowest BCUT2D eigenvalue weighted by atomic mass is 9.87. The average molecular weight is 210 g/mol. The van der Waals surface area contributed by atoms with Crippen LogP contribution >= 0.6 is 0 Å². The van der Waals surface area contributed by atoms with Crippen LogP contribution in [0.2, 0.25) is 0 Å². The van der Waals surface area contributed by atoms with Gasteiger partial charge in [0.15, 0.2) is 0 Å². The van der Waals surface area contributed by atoms with Gasteiger partial charge in [-0.3, -0.25) is 4.79 Å². The normalized spacial score (nSPS) is 24.3. The highest BCUT2D eigenvalue weighted by atomic mass is 16.5. The molecule has 0 aromatic rings. The van der Waals surface area contributed by atoms with Crippen molar-refractivity contribution < 1.29 is 9.53 Å². The lowest BCUT2D eigenvalue weighted by Gasteiger charge is -2.29. The Morgan fingerprint density at radius 3 is 2.80 bits per heavy atom. The van der Waals surface area contributed by atoms with Crippen molar-refractivity contribution in [2.45, 2.75) is 32.7 Å². The third kappa shape index (κ3) is 2.29. The molecular formula is C11H18N2O2. The van der Waals surface area contributed by atoms with Crippen molar-refractivity contribution in [1.82, 2.24) is 4.90 Å². The van der Waals surface area contributed by atoms with E-state index in [0.29, 0.717) is 19.6 Å². The first-order valence-electron chi connectivity index (χ1n) is 5.31. The summed E-state index contributed by atoms with van der Waals surface area (Å²) in [5.74, 6) is -0.0944. The fourth-order valence-electron chi connectivity index (χ4n) is 1.66. The van der Waals surface area contributed by atoms with Crippen LogP contribution in [0.1, 0.15) is 26.7 Å². The minimum atomic E-state index is -0.892. The van der Waals surface area contributed by atoms with Gasteiger partial charge in [0, 0.05) is 13.7 Å². The molecule has 2 unspecified atom stereocenters. The molecule has 0 aliphatic carbocycles. The van der Waals surface area contributed by atoms with Gasteiger partial charge in [-0.15, -0.1) is 0 Å². The number of likely N-dealkylation sites (N-methyl/N-ethyl adjacent to an activating group) is 1. The summed E-state index contributed by atoms with van der Waals surface area (Å²) in [6, 6.07) is 2.24. The highest BCUT2D eigenvalue weighted by Gasteiger charge is 2.37.